The van der Waals surface area contributed by atoms with Crippen LogP contribution in [0.5, 0.6) is 0 Å². The standard InChI is InChI=1S/C22H19N3O4S/c1-24-12-11-19-14-18(5-8-21(19)24)17-3-6-20(7-4-17)30(28,29)25-13-10-16(15-25)2-9-22(26)23-27/h2-15,27H,1H3,(H,23,26). The van der Waals surface area contributed by atoms with Gasteiger partial charge in [0.1, 0.15) is 0 Å². The largest absolute Gasteiger partial charge is 0.351 e. The van der Waals surface area contributed by atoms with Crippen molar-refractivity contribution < 1.29 is 18.4 Å². The Labute approximate surface area is 173 Å². The summed E-state index contributed by atoms with van der Waals surface area (Å²) in [4.78, 5) is 11.2. The van der Waals surface area contributed by atoms with E-state index in [2.05, 4.69) is 6.07 Å². The number of nitrogens with one attached hydrogen (secondary N) is 1. The van der Waals surface area contributed by atoms with Crippen molar-refractivity contribution in [2.45, 2.75) is 4.90 Å². The van der Waals surface area contributed by atoms with Gasteiger partial charge in [-0.15, -0.1) is 0 Å². The number of hydrogen-bond donors (Lipinski definition) is 2. The average molecular weight is 421 g/mol. The molecule has 2 heterocycles. The second kappa shape index (κ2) is 7.66. The topological polar surface area (TPSA) is 93.3 Å². The molecule has 152 valence electrons. The molecular formula is C22H19N3O4S. The molecule has 0 aliphatic heterocycles. The molecule has 30 heavy (non-hydrogen) atoms. The fourth-order valence-electron chi connectivity index (χ4n) is 3.25. The second-order valence-electron chi connectivity index (χ2n) is 6.81. The lowest BCUT2D eigenvalue weighted by molar-refractivity contribution is -0.124. The van der Waals surface area contributed by atoms with Crippen molar-refractivity contribution in [1.29, 1.82) is 0 Å². The van der Waals surface area contributed by atoms with Crippen LogP contribution in [0.4, 0.5) is 0 Å². The van der Waals surface area contributed by atoms with Crippen LogP contribution in [0, 0.1) is 0 Å². The Morgan fingerprint density at radius 2 is 1.73 bits per heavy atom. The molecule has 0 aliphatic carbocycles. The Hall–Kier alpha value is -3.62. The van der Waals surface area contributed by atoms with Crippen LogP contribution in [-0.2, 0) is 21.9 Å². The highest BCUT2D eigenvalue weighted by Gasteiger charge is 2.16. The van der Waals surface area contributed by atoms with Crippen LogP contribution in [0.3, 0.4) is 0 Å². The number of fused-ring (bicyclic) bond motifs is 1. The first kappa shape index (κ1) is 19.7. The molecule has 0 radical (unpaired) electrons. The third-order valence-electron chi connectivity index (χ3n) is 4.88. The van der Waals surface area contributed by atoms with Gasteiger partial charge in [-0.3, -0.25) is 10.0 Å². The van der Waals surface area contributed by atoms with E-state index in [1.54, 1.807) is 30.3 Å². The number of rotatable bonds is 5. The first-order valence-corrected chi connectivity index (χ1v) is 10.5. The van der Waals surface area contributed by atoms with Crippen molar-refractivity contribution in [3.05, 3.63) is 84.8 Å². The Bertz CT molecular complexity index is 1360. The quantitative estimate of drug-likeness (QED) is 0.293. The van der Waals surface area contributed by atoms with Crippen LogP contribution in [0.25, 0.3) is 28.1 Å². The minimum atomic E-state index is -3.76. The summed E-state index contributed by atoms with van der Waals surface area (Å²) < 4.78 is 28.9. The van der Waals surface area contributed by atoms with Gasteiger partial charge in [0.25, 0.3) is 15.9 Å². The molecule has 0 bridgehead atoms. The Morgan fingerprint density at radius 3 is 2.47 bits per heavy atom. The van der Waals surface area contributed by atoms with Crippen molar-refractivity contribution in [2.24, 2.45) is 7.05 Å². The molecular weight excluding hydrogens is 402 g/mol. The molecule has 2 aromatic heterocycles. The summed E-state index contributed by atoms with van der Waals surface area (Å²) >= 11 is 0. The number of hydroxylamine groups is 1. The van der Waals surface area contributed by atoms with Crippen molar-refractivity contribution >= 4 is 32.9 Å². The molecule has 4 aromatic rings. The van der Waals surface area contributed by atoms with Crippen LogP contribution >= 0.6 is 0 Å². The highest BCUT2D eigenvalue weighted by molar-refractivity contribution is 7.90. The van der Waals surface area contributed by atoms with E-state index < -0.39 is 15.9 Å². The number of amides is 1. The summed E-state index contributed by atoms with van der Waals surface area (Å²) in [6.07, 6.45) is 7.31. The number of aryl methyl sites for hydroxylation is 1. The van der Waals surface area contributed by atoms with Gasteiger partial charge in [-0.25, -0.2) is 17.9 Å². The number of carbonyl (C=O) groups excluding carboxylic acids is 1. The molecule has 2 aromatic carbocycles. The van der Waals surface area contributed by atoms with Gasteiger partial charge in [-0.05, 0) is 59.2 Å². The predicted octanol–water partition coefficient (Wildman–Crippen LogP) is 3.40. The molecule has 4 rings (SSSR count). The van der Waals surface area contributed by atoms with Gasteiger partial charge in [0.05, 0.1) is 4.90 Å². The minimum absolute atomic E-state index is 0.159. The molecule has 0 unspecified atom stereocenters. The molecule has 0 saturated heterocycles. The highest BCUT2D eigenvalue weighted by Crippen LogP contribution is 2.26. The summed E-state index contributed by atoms with van der Waals surface area (Å²) in [5.41, 5.74) is 5.05. The Morgan fingerprint density at radius 1 is 1.00 bits per heavy atom. The summed E-state index contributed by atoms with van der Waals surface area (Å²) in [6.45, 7) is 0. The maximum Gasteiger partial charge on any atom is 0.267 e. The van der Waals surface area contributed by atoms with Crippen molar-refractivity contribution in [3.8, 4) is 11.1 Å². The van der Waals surface area contributed by atoms with Crippen LogP contribution in [0.2, 0.25) is 0 Å². The monoisotopic (exact) mass is 421 g/mol. The summed E-state index contributed by atoms with van der Waals surface area (Å²) in [6, 6.07) is 16.5. The second-order valence-corrected chi connectivity index (χ2v) is 8.66. The van der Waals surface area contributed by atoms with Crippen LogP contribution < -0.4 is 5.48 Å². The van der Waals surface area contributed by atoms with Gasteiger partial charge in [0, 0.05) is 42.6 Å². The van der Waals surface area contributed by atoms with E-state index in [-0.39, 0.29) is 4.90 Å². The van der Waals surface area contributed by atoms with E-state index in [0.717, 1.165) is 32.1 Å². The van der Waals surface area contributed by atoms with Gasteiger partial charge in [-0.2, -0.15) is 0 Å². The third kappa shape index (κ3) is 3.66. The number of hydrogen-bond acceptors (Lipinski definition) is 4. The Balaban J connectivity index is 1.60. The fraction of sp³-hybridized carbons (Fsp3) is 0.0455. The van der Waals surface area contributed by atoms with E-state index in [4.69, 9.17) is 5.21 Å². The average Bonchev–Trinajstić information content (AvgIpc) is 3.39. The van der Waals surface area contributed by atoms with E-state index in [0.29, 0.717) is 5.56 Å². The zero-order valence-corrected chi connectivity index (χ0v) is 16.9. The first-order valence-electron chi connectivity index (χ1n) is 9.10. The predicted molar refractivity (Wildman–Crippen MR) is 114 cm³/mol. The highest BCUT2D eigenvalue weighted by atomic mass is 32.2. The summed E-state index contributed by atoms with van der Waals surface area (Å²) in [5, 5.41) is 9.62. The molecule has 0 saturated carbocycles. The maximum atomic E-state index is 12.9. The number of carbonyl (C=O) groups is 1. The lowest BCUT2D eigenvalue weighted by Crippen LogP contribution is -2.14. The molecule has 0 fully saturated rings. The number of aromatic nitrogens is 2. The van der Waals surface area contributed by atoms with Gasteiger partial charge in [0.15, 0.2) is 0 Å². The molecule has 7 nitrogen and oxygen atoms in total. The maximum absolute atomic E-state index is 12.9. The van der Waals surface area contributed by atoms with Gasteiger partial charge in [-0.1, -0.05) is 18.2 Å². The molecule has 0 spiro atoms. The zero-order chi connectivity index (χ0) is 21.3. The van der Waals surface area contributed by atoms with Gasteiger partial charge in [0.2, 0.25) is 0 Å². The van der Waals surface area contributed by atoms with Crippen molar-refractivity contribution in [2.75, 3.05) is 0 Å². The lowest BCUT2D eigenvalue weighted by atomic mass is 10.0. The number of benzene rings is 2. The van der Waals surface area contributed by atoms with E-state index in [9.17, 15) is 13.2 Å². The minimum Gasteiger partial charge on any atom is -0.351 e. The fourth-order valence-corrected chi connectivity index (χ4v) is 4.46. The van der Waals surface area contributed by atoms with E-state index in [1.165, 1.54) is 23.9 Å². The lowest BCUT2D eigenvalue weighted by Gasteiger charge is -2.08. The van der Waals surface area contributed by atoms with E-state index in [1.807, 2.05) is 36.0 Å². The first-order chi connectivity index (χ1) is 14.4. The Kier molecular flexibility index (Phi) is 5.03. The normalized spacial score (nSPS) is 11.9. The van der Waals surface area contributed by atoms with Gasteiger partial charge >= 0.3 is 0 Å². The molecule has 1 amide bonds. The molecule has 0 atom stereocenters. The van der Waals surface area contributed by atoms with E-state index >= 15 is 0 Å². The summed E-state index contributed by atoms with van der Waals surface area (Å²) in [7, 11) is -1.77. The third-order valence-corrected chi connectivity index (χ3v) is 6.53. The number of nitrogens with zero attached hydrogens (tertiary/aromatic N) is 2. The zero-order valence-electron chi connectivity index (χ0n) is 16.1. The van der Waals surface area contributed by atoms with Gasteiger partial charge < -0.3 is 4.57 Å². The van der Waals surface area contributed by atoms with Crippen molar-refractivity contribution in [1.82, 2.24) is 14.0 Å². The molecule has 2 N–H and O–H groups in total. The van der Waals surface area contributed by atoms with Crippen LogP contribution in [0.15, 0.2) is 84.2 Å². The van der Waals surface area contributed by atoms with Crippen LogP contribution in [-0.4, -0.2) is 28.1 Å². The molecule has 8 heteroatoms. The molecule has 0 aliphatic rings. The van der Waals surface area contributed by atoms with Crippen molar-refractivity contribution in [3.63, 3.8) is 0 Å². The summed E-state index contributed by atoms with van der Waals surface area (Å²) in [5.74, 6) is -0.699. The smallest absolute Gasteiger partial charge is 0.267 e. The van der Waals surface area contributed by atoms with Crippen LogP contribution in [0.1, 0.15) is 5.56 Å². The SMILES string of the molecule is Cn1ccc2cc(-c3ccc(S(=O)(=O)n4ccc(C=CC(=O)NO)c4)cc3)ccc21.